The van der Waals surface area contributed by atoms with Crippen LogP contribution in [-0.4, -0.2) is 48.9 Å². The van der Waals surface area contributed by atoms with Crippen LogP contribution in [0.15, 0.2) is 17.4 Å². The minimum Gasteiger partial charge on any atom is -0.385 e. The first-order valence-electron chi connectivity index (χ1n) is 10.2. The van der Waals surface area contributed by atoms with Crippen molar-refractivity contribution in [2.75, 3.05) is 33.4 Å². The van der Waals surface area contributed by atoms with Gasteiger partial charge in [0, 0.05) is 52.3 Å². The molecule has 0 saturated heterocycles. The Labute approximate surface area is 158 Å². The highest BCUT2D eigenvalue weighted by Crippen LogP contribution is 2.41. The second-order valence-electron chi connectivity index (χ2n) is 7.45. The lowest BCUT2D eigenvalue weighted by Gasteiger charge is -2.27. The first-order valence-corrected chi connectivity index (χ1v) is 10.2. The Hall–Kier alpha value is -1.56. The van der Waals surface area contributed by atoms with Gasteiger partial charge in [-0.3, -0.25) is 4.99 Å². The maximum atomic E-state index is 5.33. The third-order valence-corrected chi connectivity index (χ3v) is 5.46. The highest BCUT2D eigenvalue weighted by Gasteiger charge is 2.33. The van der Waals surface area contributed by atoms with Gasteiger partial charge in [-0.2, -0.15) is 0 Å². The van der Waals surface area contributed by atoms with Crippen molar-refractivity contribution in [1.82, 2.24) is 20.2 Å². The molecule has 0 amide bonds. The molecule has 1 aliphatic carbocycles. The van der Waals surface area contributed by atoms with Crippen LogP contribution < -0.4 is 10.6 Å². The van der Waals surface area contributed by atoms with Crippen LogP contribution in [0.3, 0.4) is 0 Å². The lowest BCUT2D eigenvalue weighted by Crippen LogP contribution is -2.39. The summed E-state index contributed by atoms with van der Waals surface area (Å²) in [5.74, 6) is 2.04. The first-order chi connectivity index (χ1) is 12.7. The summed E-state index contributed by atoms with van der Waals surface area (Å²) in [7, 11) is 1.79. The van der Waals surface area contributed by atoms with E-state index < -0.39 is 0 Å². The largest absolute Gasteiger partial charge is 0.385 e. The number of ether oxygens (including phenoxy) is 1. The van der Waals surface area contributed by atoms with Crippen molar-refractivity contribution in [2.45, 2.75) is 65.3 Å². The zero-order valence-electron chi connectivity index (χ0n) is 16.9. The number of aryl methyl sites for hydroxylation is 2. The van der Waals surface area contributed by atoms with E-state index in [1.165, 1.54) is 25.7 Å². The lowest BCUT2D eigenvalue weighted by molar-refractivity contribution is 0.141. The van der Waals surface area contributed by atoms with E-state index in [1.54, 1.807) is 7.11 Å². The van der Waals surface area contributed by atoms with E-state index in [2.05, 4.69) is 40.2 Å². The van der Waals surface area contributed by atoms with Crippen molar-refractivity contribution in [1.29, 1.82) is 0 Å². The van der Waals surface area contributed by atoms with E-state index in [1.807, 2.05) is 6.20 Å². The van der Waals surface area contributed by atoms with Crippen molar-refractivity contribution in [3.8, 4) is 0 Å². The molecule has 2 rings (SSSR count). The Kier molecular flexibility index (Phi) is 8.95. The number of nitrogens with zero attached hydrogens (tertiary/aromatic N) is 3. The summed E-state index contributed by atoms with van der Waals surface area (Å²) in [6, 6.07) is 0. The third kappa shape index (κ3) is 6.63. The summed E-state index contributed by atoms with van der Waals surface area (Å²) in [6.07, 6.45) is 12.5. The van der Waals surface area contributed by atoms with Gasteiger partial charge >= 0.3 is 0 Å². The topological polar surface area (TPSA) is 63.5 Å². The number of nitrogens with one attached hydrogen (secondary N) is 2. The predicted molar refractivity (Wildman–Crippen MR) is 108 cm³/mol. The van der Waals surface area contributed by atoms with Gasteiger partial charge in [0.1, 0.15) is 5.82 Å². The van der Waals surface area contributed by atoms with Gasteiger partial charge in [-0.25, -0.2) is 4.98 Å². The molecule has 0 bridgehead atoms. The highest BCUT2D eigenvalue weighted by atomic mass is 16.5. The van der Waals surface area contributed by atoms with Crippen LogP contribution in [0.1, 0.15) is 57.7 Å². The second kappa shape index (κ2) is 11.2. The minimum atomic E-state index is 0.345. The van der Waals surface area contributed by atoms with E-state index in [0.29, 0.717) is 5.41 Å². The molecule has 6 nitrogen and oxygen atoms in total. The number of hydrogen-bond donors (Lipinski definition) is 2. The second-order valence-corrected chi connectivity index (χ2v) is 7.45. The Morgan fingerprint density at radius 1 is 1.31 bits per heavy atom. The fourth-order valence-corrected chi connectivity index (χ4v) is 3.77. The molecule has 1 aromatic heterocycles. The molecule has 0 unspecified atom stereocenters. The molecule has 0 atom stereocenters. The average Bonchev–Trinajstić information content (AvgIpc) is 3.27. The van der Waals surface area contributed by atoms with Crippen LogP contribution in [0.2, 0.25) is 0 Å². The Morgan fingerprint density at radius 2 is 2.12 bits per heavy atom. The van der Waals surface area contributed by atoms with Gasteiger partial charge in [0.2, 0.25) is 0 Å². The van der Waals surface area contributed by atoms with Crippen LogP contribution in [0.4, 0.5) is 0 Å². The van der Waals surface area contributed by atoms with Gasteiger partial charge < -0.3 is 19.9 Å². The molecular weight excluding hydrogens is 326 g/mol. The van der Waals surface area contributed by atoms with E-state index in [0.717, 1.165) is 63.8 Å². The number of aromatic nitrogens is 2. The minimum absolute atomic E-state index is 0.345. The molecule has 1 heterocycles. The van der Waals surface area contributed by atoms with E-state index >= 15 is 0 Å². The summed E-state index contributed by atoms with van der Waals surface area (Å²) >= 11 is 0. The fourth-order valence-electron chi connectivity index (χ4n) is 3.77. The normalized spacial score (nSPS) is 16.8. The molecule has 148 valence electrons. The van der Waals surface area contributed by atoms with Crippen LogP contribution >= 0.6 is 0 Å². The number of guanidine groups is 1. The van der Waals surface area contributed by atoms with Crippen molar-refractivity contribution < 1.29 is 4.74 Å². The van der Waals surface area contributed by atoms with Crippen LogP contribution in [0.25, 0.3) is 0 Å². The van der Waals surface area contributed by atoms with Crippen LogP contribution in [-0.2, 0) is 11.3 Å². The predicted octanol–water partition coefficient (Wildman–Crippen LogP) is 3.12. The quantitative estimate of drug-likeness (QED) is 0.360. The molecule has 1 aromatic rings. The van der Waals surface area contributed by atoms with E-state index in [9.17, 15) is 0 Å². The van der Waals surface area contributed by atoms with Gasteiger partial charge in [0.15, 0.2) is 5.96 Å². The first kappa shape index (κ1) is 20.7. The van der Waals surface area contributed by atoms with Crippen molar-refractivity contribution in [2.24, 2.45) is 10.4 Å². The molecule has 6 heteroatoms. The summed E-state index contributed by atoms with van der Waals surface area (Å²) in [4.78, 5) is 9.17. The number of imidazole rings is 1. The van der Waals surface area contributed by atoms with Crippen LogP contribution in [0.5, 0.6) is 0 Å². The Balaban J connectivity index is 1.75. The Bertz CT molecular complexity index is 534. The monoisotopic (exact) mass is 363 g/mol. The zero-order valence-corrected chi connectivity index (χ0v) is 16.9. The maximum absolute atomic E-state index is 5.33. The van der Waals surface area contributed by atoms with Crippen LogP contribution in [0, 0.1) is 12.3 Å². The smallest absolute Gasteiger partial charge is 0.191 e. The molecule has 0 aromatic carbocycles. The zero-order chi connectivity index (χ0) is 18.7. The molecule has 1 fully saturated rings. The lowest BCUT2D eigenvalue weighted by atomic mass is 9.83. The van der Waals surface area contributed by atoms with Gasteiger partial charge in [-0.05, 0) is 51.4 Å². The van der Waals surface area contributed by atoms with Gasteiger partial charge in [0.25, 0.3) is 0 Å². The number of hydrogen-bond acceptors (Lipinski definition) is 3. The summed E-state index contributed by atoms with van der Waals surface area (Å²) < 4.78 is 7.54. The van der Waals surface area contributed by atoms with Crippen molar-refractivity contribution in [3.05, 3.63) is 18.2 Å². The highest BCUT2D eigenvalue weighted by molar-refractivity contribution is 5.79. The van der Waals surface area contributed by atoms with Crippen molar-refractivity contribution in [3.63, 3.8) is 0 Å². The number of unbranched alkanes of at least 4 members (excludes halogenated alkanes) is 1. The third-order valence-electron chi connectivity index (χ3n) is 5.46. The average molecular weight is 364 g/mol. The van der Waals surface area contributed by atoms with Gasteiger partial charge in [0.05, 0.1) is 0 Å². The maximum Gasteiger partial charge on any atom is 0.191 e. The van der Waals surface area contributed by atoms with Gasteiger partial charge in [-0.15, -0.1) is 0 Å². The summed E-state index contributed by atoms with van der Waals surface area (Å²) in [5, 5.41) is 6.88. The van der Waals surface area contributed by atoms with Gasteiger partial charge in [-0.1, -0.05) is 12.8 Å². The molecule has 26 heavy (non-hydrogen) atoms. The molecule has 0 radical (unpaired) electrons. The fraction of sp³-hybridized carbons (Fsp3) is 0.800. The number of rotatable bonds is 11. The molecule has 1 aliphatic rings. The SMILES string of the molecule is CCNC(=NCC1(CCOC)CCCC1)NCCCCn1ccnc1C. The molecule has 0 aliphatic heterocycles. The van der Waals surface area contributed by atoms with E-state index in [4.69, 9.17) is 9.73 Å². The standard InChI is InChI=1S/C20H37N5O/c1-4-21-19(23-12-7-8-14-25-15-13-22-18(25)2)24-17-20(11-16-26-3)9-5-6-10-20/h13,15H,4-12,14,16-17H2,1-3H3,(H2,21,23,24). The summed E-state index contributed by atoms with van der Waals surface area (Å²) in [5.41, 5.74) is 0.345. The van der Waals surface area contributed by atoms with Crippen molar-refractivity contribution >= 4 is 5.96 Å². The molecular formula is C20H37N5O. The number of aliphatic imine (C=N–C) groups is 1. The molecule has 0 spiro atoms. The molecule has 1 saturated carbocycles. The summed E-state index contributed by atoms with van der Waals surface area (Å²) in [6.45, 7) is 8.79. The van der Waals surface area contributed by atoms with E-state index in [-0.39, 0.29) is 0 Å². The Morgan fingerprint density at radius 3 is 2.77 bits per heavy atom. The number of methoxy groups -OCH3 is 1. The molecule has 2 N–H and O–H groups in total.